The SMILES string of the molecule is CCCNC1CCC(NC(=O)C(CCC)CCC)CC1. The third-order valence-corrected chi connectivity index (χ3v) is 4.40. The summed E-state index contributed by atoms with van der Waals surface area (Å²) in [5, 5.41) is 6.89. The third kappa shape index (κ3) is 6.25. The van der Waals surface area contributed by atoms with Gasteiger partial charge in [-0.2, -0.15) is 0 Å². The molecule has 2 N–H and O–H groups in total. The summed E-state index contributed by atoms with van der Waals surface area (Å²) in [5.41, 5.74) is 0. The molecule has 0 aromatic carbocycles. The Balaban J connectivity index is 2.29. The van der Waals surface area contributed by atoms with Gasteiger partial charge in [0.2, 0.25) is 5.91 Å². The molecule has 0 saturated heterocycles. The van der Waals surface area contributed by atoms with Crippen molar-refractivity contribution >= 4 is 5.91 Å². The number of carbonyl (C=O) groups is 1. The molecule has 118 valence electrons. The summed E-state index contributed by atoms with van der Waals surface area (Å²) >= 11 is 0. The molecule has 0 bridgehead atoms. The van der Waals surface area contributed by atoms with Crippen LogP contribution in [0.4, 0.5) is 0 Å². The van der Waals surface area contributed by atoms with Crippen LogP contribution in [0.25, 0.3) is 0 Å². The van der Waals surface area contributed by atoms with Crippen LogP contribution in [0.5, 0.6) is 0 Å². The maximum absolute atomic E-state index is 12.3. The number of nitrogens with one attached hydrogen (secondary N) is 2. The summed E-state index contributed by atoms with van der Waals surface area (Å²) in [6.45, 7) is 7.66. The summed E-state index contributed by atoms with van der Waals surface area (Å²) in [7, 11) is 0. The van der Waals surface area contributed by atoms with E-state index in [9.17, 15) is 4.79 Å². The molecule has 0 spiro atoms. The normalized spacial score (nSPS) is 23.0. The highest BCUT2D eigenvalue weighted by molar-refractivity contribution is 5.78. The molecule has 0 aromatic rings. The minimum absolute atomic E-state index is 0.237. The molecule has 3 heteroatoms. The summed E-state index contributed by atoms with van der Waals surface area (Å²) in [4.78, 5) is 12.3. The van der Waals surface area contributed by atoms with E-state index in [0.717, 1.165) is 45.1 Å². The molecular formula is C17H34N2O. The van der Waals surface area contributed by atoms with Gasteiger partial charge in [0.1, 0.15) is 0 Å². The second-order valence-electron chi connectivity index (χ2n) is 6.29. The van der Waals surface area contributed by atoms with E-state index in [2.05, 4.69) is 31.4 Å². The third-order valence-electron chi connectivity index (χ3n) is 4.40. The van der Waals surface area contributed by atoms with Gasteiger partial charge in [0.05, 0.1) is 0 Å². The van der Waals surface area contributed by atoms with Gasteiger partial charge < -0.3 is 10.6 Å². The van der Waals surface area contributed by atoms with Crippen LogP contribution >= 0.6 is 0 Å². The van der Waals surface area contributed by atoms with Crippen molar-refractivity contribution in [3.05, 3.63) is 0 Å². The Morgan fingerprint density at radius 2 is 1.50 bits per heavy atom. The van der Waals surface area contributed by atoms with Crippen LogP contribution in [-0.2, 0) is 4.79 Å². The highest BCUT2D eigenvalue weighted by Crippen LogP contribution is 2.20. The molecule has 1 amide bonds. The van der Waals surface area contributed by atoms with Crippen LogP contribution in [0.2, 0.25) is 0 Å². The Morgan fingerprint density at radius 3 is 2.00 bits per heavy atom. The van der Waals surface area contributed by atoms with Crippen LogP contribution < -0.4 is 10.6 Å². The van der Waals surface area contributed by atoms with Crippen molar-refractivity contribution in [2.24, 2.45) is 5.92 Å². The Hall–Kier alpha value is -0.570. The lowest BCUT2D eigenvalue weighted by atomic mass is 9.90. The Morgan fingerprint density at radius 1 is 0.950 bits per heavy atom. The molecule has 0 atom stereocenters. The van der Waals surface area contributed by atoms with E-state index >= 15 is 0 Å². The number of rotatable bonds is 9. The van der Waals surface area contributed by atoms with Crippen LogP contribution in [0, 0.1) is 5.92 Å². The molecule has 1 aliphatic rings. The zero-order chi connectivity index (χ0) is 14.8. The fourth-order valence-electron chi connectivity index (χ4n) is 3.21. The zero-order valence-corrected chi connectivity index (χ0v) is 13.7. The molecule has 0 heterocycles. The minimum Gasteiger partial charge on any atom is -0.353 e. The molecule has 1 saturated carbocycles. The average Bonchev–Trinajstić information content (AvgIpc) is 2.46. The molecule has 0 aromatic heterocycles. The molecule has 0 radical (unpaired) electrons. The van der Waals surface area contributed by atoms with Crippen LogP contribution in [0.15, 0.2) is 0 Å². The largest absolute Gasteiger partial charge is 0.353 e. The standard InChI is InChI=1S/C17H34N2O/c1-4-7-14(8-5-2)17(20)19-16-11-9-15(10-12-16)18-13-6-3/h14-16,18H,4-13H2,1-3H3,(H,19,20). The van der Waals surface area contributed by atoms with Gasteiger partial charge in [-0.25, -0.2) is 0 Å². The quantitative estimate of drug-likeness (QED) is 0.678. The number of amides is 1. The molecule has 1 aliphatic carbocycles. The van der Waals surface area contributed by atoms with Gasteiger partial charge in [0.25, 0.3) is 0 Å². The number of carbonyl (C=O) groups excluding carboxylic acids is 1. The van der Waals surface area contributed by atoms with Crippen molar-refractivity contribution in [2.75, 3.05) is 6.54 Å². The zero-order valence-electron chi connectivity index (χ0n) is 13.7. The second-order valence-corrected chi connectivity index (χ2v) is 6.29. The van der Waals surface area contributed by atoms with Gasteiger partial charge >= 0.3 is 0 Å². The lowest BCUT2D eigenvalue weighted by molar-refractivity contribution is -0.126. The summed E-state index contributed by atoms with van der Waals surface area (Å²) in [6, 6.07) is 1.09. The smallest absolute Gasteiger partial charge is 0.223 e. The monoisotopic (exact) mass is 282 g/mol. The van der Waals surface area contributed by atoms with Crippen molar-refractivity contribution in [2.45, 2.75) is 90.6 Å². The average molecular weight is 282 g/mol. The van der Waals surface area contributed by atoms with Gasteiger partial charge in [-0.1, -0.05) is 33.6 Å². The molecular weight excluding hydrogens is 248 g/mol. The van der Waals surface area contributed by atoms with Gasteiger partial charge in [-0.05, 0) is 51.5 Å². The first-order valence-corrected chi connectivity index (χ1v) is 8.74. The van der Waals surface area contributed by atoms with Gasteiger partial charge in [0, 0.05) is 18.0 Å². The van der Waals surface area contributed by atoms with Crippen LogP contribution in [-0.4, -0.2) is 24.5 Å². The summed E-state index contributed by atoms with van der Waals surface area (Å²) in [6.07, 6.45) is 10.2. The molecule has 0 aliphatic heterocycles. The van der Waals surface area contributed by atoms with Crippen molar-refractivity contribution in [1.82, 2.24) is 10.6 Å². The number of hydrogen-bond donors (Lipinski definition) is 2. The lowest BCUT2D eigenvalue weighted by Gasteiger charge is -2.30. The highest BCUT2D eigenvalue weighted by atomic mass is 16.1. The maximum Gasteiger partial charge on any atom is 0.223 e. The first-order valence-electron chi connectivity index (χ1n) is 8.74. The predicted molar refractivity (Wildman–Crippen MR) is 85.8 cm³/mol. The van der Waals surface area contributed by atoms with E-state index < -0.39 is 0 Å². The molecule has 1 rings (SSSR count). The van der Waals surface area contributed by atoms with E-state index in [0.29, 0.717) is 18.0 Å². The summed E-state index contributed by atoms with van der Waals surface area (Å²) in [5.74, 6) is 0.541. The van der Waals surface area contributed by atoms with E-state index in [1.54, 1.807) is 0 Å². The molecule has 20 heavy (non-hydrogen) atoms. The number of hydrogen-bond acceptors (Lipinski definition) is 2. The Labute approximate surface area is 125 Å². The Bertz CT molecular complexity index is 254. The summed E-state index contributed by atoms with van der Waals surface area (Å²) < 4.78 is 0. The topological polar surface area (TPSA) is 41.1 Å². The molecule has 3 nitrogen and oxygen atoms in total. The van der Waals surface area contributed by atoms with E-state index in [1.807, 2.05) is 0 Å². The minimum atomic E-state index is 0.237. The maximum atomic E-state index is 12.3. The fraction of sp³-hybridized carbons (Fsp3) is 0.941. The first-order chi connectivity index (χ1) is 9.71. The molecule has 0 unspecified atom stereocenters. The second kappa shape index (κ2) is 10.2. The van der Waals surface area contributed by atoms with Gasteiger partial charge in [-0.3, -0.25) is 4.79 Å². The Kier molecular flexibility index (Phi) is 8.92. The van der Waals surface area contributed by atoms with Crippen molar-refractivity contribution in [1.29, 1.82) is 0 Å². The van der Waals surface area contributed by atoms with Gasteiger partial charge in [0.15, 0.2) is 0 Å². The van der Waals surface area contributed by atoms with E-state index in [4.69, 9.17) is 0 Å². The van der Waals surface area contributed by atoms with Crippen molar-refractivity contribution in [3.8, 4) is 0 Å². The predicted octanol–water partition coefficient (Wildman–Crippen LogP) is 3.63. The van der Waals surface area contributed by atoms with Crippen molar-refractivity contribution < 1.29 is 4.79 Å². The fourth-order valence-corrected chi connectivity index (χ4v) is 3.21. The lowest BCUT2D eigenvalue weighted by Crippen LogP contribution is -2.44. The van der Waals surface area contributed by atoms with Gasteiger partial charge in [-0.15, -0.1) is 0 Å². The first kappa shape index (κ1) is 17.5. The van der Waals surface area contributed by atoms with Crippen LogP contribution in [0.3, 0.4) is 0 Å². The highest BCUT2D eigenvalue weighted by Gasteiger charge is 2.24. The van der Waals surface area contributed by atoms with E-state index in [1.165, 1.54) is 19.3 Å². The van der Waals surface area contributed by atoms with E-state index in [-0.39, 0.29) is 5.92 Å². The van der Waals surface area contributed by atoms with Crippen LogP contribution in [0.1, 0.15) is 78.6 Å². The molecule has 1 fully saturated rings. The van der Waals surface area contributed by atoms with Crippen molar-refractivity contribution in [3.63, 3.8) is 0 Å².